The topological polar surface area (TPSA) is 36.4 Å². The number of benzene rings is 1. The molecule has 3 aliphatic rings. The maximum absolute atomic E-state index is 13.2. The number of amides is 1. The van der Waals surface area contributed by atoms with E-state index in [9.17, 15) is 4.79 Å². The molecule has 0 unspecified atom stereocenters. The number of rotatable bonds is 6. The van der Waals surface area contributed by atoms with Gasteiger partial charge in [-0.1, -0.05) is 37.3 Å². The molecule has 3 aliphatic heterocycles. The van der Waals surface area contributed by atoms with Crippen molar-refractivity contribution in [1.82, 2.24) is 14.8 Å². The SMILES string of the molecule is CCc1cc(C(=O)N2C[C@H]3CC[C@@H]2CN(CCCc2ccccc2)C3)ccn1. The first-order chi connectivity index (χ1) is 13.7. The minimum absolute atomic E-state index is 0.193. The van der Waals surface area contributed by atoms with Crippen LogP contribution in [0.5, 0.6) is 0 Å². The Hall–Kier alpha value is -2.20. The highest BCUT2D eigenvalue weighted by atomic mass is 16.2. The predicted molar refractivity (Wildman–Crippen MR) is 112 cm³/mol. The van der Waals surface area contributed by atoms with Crippen LogP contribution in [0.2, 0.25) is 0 Å². The van der Waals surface area contributed by atoms with Crippen LogP contribution in [0.3, 0.4) is 0 Å². The Morgan fingerprint density at radius 1 is 1.11 bits per heavy atom. The lowest BCUT2D eigenvalue weighted by Gasteiger charge is -2.36. The average molecular weight is 378 g/mol. The third-order valence-corrected chi connectivity index (χ3v) is 6.26. The van der Waals surface area contributed by atoms with Gasteiger partial charge in [0.25, 0.3) is 5.91 Å². The van der Waals surface area contributed by atoms with Crippen molar-refractivity contribution in [3.05, 3.63) is 65.5 Å². The molecule has 1 aromatic carbocycles. The zero-order valence-electron chi connectivity index (χ0n) is 16.9. The van der Waals surface area contributed by atoms with Gasteiger partial charge in [0.15, 0.2) is 0 Å². The van der Waals surface area contributed by atoms with Gasteiger partial charge in [0, 0.05) is 43.1 Å². The van der Waals surface area contributed by atoms with Crippen molar-refractivity contribution in [2.45, 2.75) is 45.1 Å². The first-order valence-electron chi connectivity index (χ1n) is 10.7. The summed E-state index contributed by atoms with van der Waals surface area (Å²) in [5, 5.41) is 0. The van der Waals surface area contributed by atoms with Crippen LogP contribution in [-0.4, -0.2) is 52.9 Å². The molecule has 28 heavy (non-hydrogen) atoms. The number of nitrogens with zero attached hydrogens (tertiary/aromatic N) is 3. The molecule has 2 atom stereocenters. The summed E-state index contributed by atoms with van der Waals surface area (Å²) < 4.78 is 0. The summed E-state index contributed by atoms with van der Waals surface area (Å²) in [7, 11) is 0. The fraction of sp³-hybridized carbons (Fsp3) is 0.500. The first-order valence-corrected chi connectivity index (χ1v) is 10.7. The summed E-state index contributed by atoms with van der Waals surface area (Å²) in [6, 6.07) is 14.9. The largest absolute Gasteiger partial charge is 0.334 e. The molecule has 0 N–H and O–H groups in total. The van der Waals surface area contributed by atoms with Gasteiger partial charge in [-0.3, -0.25) is 9.78 Å². The monoisotopic (exact) mass is 377 g/mol. The molecule has 148 valence electrons. The van der Waals surface area contributed by atoms with Gasteiger partial charge in [0.2, 0.25) is 0 Å². The highest BCUT2D eigenvalue weighted by molar-refractivity contribution is 5.94. The number of aryl methyl sites for hydroxylation is 2. The van der Waals surface area contributed by atoms with E-state index >= 15 is 0 Å². The molecule has 1 aromatic heterocycles. The zero-order valence-corrected chi connectivity index (χ0v) is 16.9. The minimum atomic E-state index is 0.193. The van der Waals surface area contributed by atoms with E-state index in [1.165, 1.54) is 18.4 Å². The van der Waals surface area contributed by atoms with Crippen molar-refractivity contribution < 1.29 is 4.79 Å². The van der Waals surface area contributed by atoms with Gasteiger partial charge < -0.3 is 9.80 Å². The molecule has 4 nitrogen and oxygen atoms in total. The summed E-state index contributed by atoms with van der Waals surface area (Å²) >= 11 is 0. The van der Waals surface area contributed by atoms with Crippen LogP contribution in [0.1, 0.15) is 47.8 Å². The molecule has 4 heteroatoms. The minimum Gasteiger partial charge on any atom is -0.334 e. The van der Waals surface area contributed by atoms with Crippen LogP contribution in [0.25, 0.3) is 0 Å². The lowest BCUT2D eigenvalue weighted by Crippen LogP contribution is -2.47. The average Bonchev–Trinajstić information content (AvgIpc) is 3.05. The molecule has 3 saturated heterocycles. The Balaban J connectivity index is 1.38. The molecule has 2 aromatic rings. The van der Waals surface area contributed by atoms with Crippen LogP contribution < -0.4 is 0 Å². The number of hydrogen-bond donors (Lipinski definition) is 0. The zero-order chi connectivity index (χ0) is 19.3. The summed E-state index contributed by atoms with van der Waals surface area (Å²) in [5.41, 5.74) is 3.21. The van der Waals surface area contributed by atoms with Gasteiger partial charge >= 0.3 is 0 Å². The maximum atomic E-state index is 13.2. The van der Waals surface area contributed by atoms with E-state index in [-0.39, 0.29) is 5.91 Å². The smallest absolute Gasteiger partial charge is 0.254 e. The molecule has 0 spiro atoms. The first kappa shape index (κ1) is 19.1. The number of aromatic nitrogens is 1. The van der Waals surface area contributed by atoms with Gasteiger partial charge in [-0.05, 0) is 62.3 Å². The van der Waals surface area contributed by atoms with E-state index in [0.29, 0.717) is 12.0 Å². The van der Waals surface area contributed by atoms with Crippen LogP contribution in [0, 0.1) is 5.92 Å². The molecule has 4 heterocycles. The molecular weight excluding hydrogens is 346 g/mol. The van der Waals surface area contributed by atoms with Crippen molar-refractivity contribution in [3.63, 3.8) is 0 Å². The van der Waals surface area contributed by atoms with Gasteiger partial charge in [0.1, 0.15) is 0 Å². The fourth-order valence-electron chi connectivity index (χ4n) is 4.73. The predicted octanol–water partition coefficient (Wildman–Crippen LogP) is 3.81. The second kappa shape index (κ2) is 8.87. The second-order valence-corrected chi connectivity index (χ2v) is 8.29. The van der Waals surface area contributed by atoms with Gasteiger partial charge in [-0.15, -0.1) is 0 Å². The molecule has 0 radical (unpaired) electrons. The Bertz CT molecular complexity index is 791. The second-order valence-electron chi connectivity index (χ2n) is 8.29. The lowest BCUT2D eigenvalue weighted by atomic mass is 9.94. The Morgan fingerprint density at radius 2 is 1.96 bits per heavy atom. The number of carbonyl (C=O) groups is 1. The van der Waals surface area contributed by atoms with Crippen molar-refractivity contribution in [3.8, 4) is 0 Å². The molecule has 1 amide bonds. The lowest BCUT2D eigenvalue weighted by molar-refractivity contribution is 0.0585. The molecule has 0 aliphatic carbocycles. The Labute approximate surface area is 168 Å². The van der Waals surface area contributed by atoms with Crippen LogP contribution >= 0.6 is 0 Å². The highest BCUT2D eigenvalue weighted by Crippen LogP contribution is 2.29. The quantitative estimate of drug-likeness (QED) is 0.768. The van der Waals surface area contributed by atoms with E-state index in [0.717, 1.165) is 56.7 Å². The van der Waals surface area contributed by atoms with E-state index in [1.807, 2.05) is 12.1 Å². The van der Waals surface area contributed by atoms with E-state index in [1.54, 1.807) is 6.20 Å². The molecule has 3 fully saturated rings. The molecule has 5 rings (SSSR count). The van der Waals surface area contributed by atoms with E-state index in [2.05, 4.69) is 52.0 Å². The Kier molecular flexibility index (Phi) is 6.06. The van der Waals surface area contributed by atoms with Crippen molar-refractivity contribution in [2.75, 3.05) is 26.2 Å². The van der Waals surface area contributed by atoms with Crippen molar-refractivity contribution in [1.29, 1.82) is 0 Å². The maximum Gasteiger partial charge on any atom is 0.254 e. The van der Waals surface area contributed by atoms with Crippen LogP contribution in [0.15, 0.2) is 48.7 Å². The van der Waals surface area contributed by atoms with E-state index < -0.39 is 0 Å². The third-order valence-electron chi connectivity index (χ3n) is 6.26. The summed E-state index contributed by atoms with van der Waals surface area (Å²) in [4.78, 5) is 22.3. The highest BCUT2D eigenvalue weighted by Gasteiger charge is 2.37. The molecule has 2 bridgehead atoms. The normalized spacial score (nSPS) is 22.2. The fourth-order valence-corrected chi connectivity index (χ4v) is 4.73. The standard InChI is InChI=1S/C24H31N3O/c1-2-22-15-21(12-13-25-22)24(28)27-17-20-10-11-23(27)18-26(16-20)14-6-9-19-7-4-3-5-8-19/h3-5,7-8,12-13,15,20,23H,2,6,9-11,14,16-18H2,1H3/t20-,23+/m0/s1. The van der Waals surface area contributed by atoms with Crippen molar-refractivity contribution in [2.24, 2.45) is 5.92 Å². The van der Waals surface area contributed by atoms with Gasteiger partial charge in [-0.25, -0.2) is 0 Å². The third kappa shape index (κ3) is 4.44. The number of carbonyl (C=O) groups excluding carboxylic acids is 1. The number of fused-ring (bicyclic) bond motifs is 4. The summed E-state index contributed by atoms with van der Waals surface area (Å²) in [5.74, 6) is 0.796. The van der Waals surface area contributed by atoms with Crippen molar-refractivity contribution >= 4 is 5.91 Å². The number of hydrogen-bond acceptors (Lipinski definition) is 3. The van der Waals surface area contributed by atoms with E-state index in [4.69, 9.17) is 0 Å². The number of piperidine rings is 1. The van der Waals surface area contributed by atoms with Gasteiger partial charge in [0.05, 0.1) is 0 Å². The Morgan fingerprint density at radius 3 is 2.79 bits per heavy atom. The number of pyridine rings is 1. The van der Waals surface area contributed by atoms with Crippen LogP contribution in [-0.2, 0) is 12.8 Å². The molecule has 0 saturated carbocycles. The van der Waals surface area contributed by atoms with Crippen LogP contribution in [0.4, 0.5) is 0 Å². The van der Waals surface area contributed by atoms with Gasteiger partial charge in [-0.2, -0.15) is 0 Å². The summed E-state index contributed by atoms with van der Waals surface area (Å²) in [6.07, 6.45) is 7.34. The summed E-state index contributed by atoms with van der Waals surface area (Å²) in [6.45, 7) is 6.26. The molecular formula is C24H31N3O.